The van der Waals surface area contributed by atoms with Crippen LogP contribution in [-0.4, -0.2) is 34.2 Å². The monoisotopic (exact) mass is 281 g/mol. The van der Waals surface area contributed by atoms with Gasteiger partial charge in [0.25, 0.3) is 0 Å². The summed E-state index contributed by atoms with van der Waals surface area (Å²) in [4.78, 5) is 23.5. The van der Waals surface area contributed by atoms with Gasteiger partial charge in [-0.2, -0.15) is 5.10 Å². The van der Waals surface area contributed by atoms with E-state index in [1.807, 2.05) is 27.7 Å². The molecule has 0 spiro atoms. The molecule has 7 heteroatoms. The van der Waals surface area contributed by atoms with E-state index in [2.05, 4.69) is 15.7 Å². The van der Waals surface area contributed by atoms with Crippen LogP contribution in [0.25, 0.3) is 0 Å². The van der Waals surface area contributed by atoms with E-state index in [1.54, 1.807) is 11.7 Å². The standard InChI is InChI=1S/C13H23N5O2/c1-7(2)11(14)13(20)15-6-10(19)16-12-8(3)17-18(5)9(12)4/h7,11H,6,14H2,1-5H3,(H,15,20)(H,16,19)/t11-/m0/s1. The predicted molar refractivity (Wildman–Crippen MR) is 77.1 cm³/mol. The Hall–Kier alpha value is -1.89. The average Bonchev–Trinajstić information content (AvgIpc) is 2.61. The van der Waals surface area contributed by atoms with Gasteiger partial charge in [0.1, 0.15) is 0 Å². The highest BCUT2D eigenvalue weighted by molar-refractivity contribution is 5.96. The van der Waals surface area contributed by atoms with Crippen LogP contribution in [0.5, 0.6) is 0 Å². The predicted octanol–water partition coefficient (Wildman–Crippen LogP) is 0.0749. The summed E-state index contributed by atoms with van der Waals surface area (Å²) in [6.45, 7) is 7.28. The third-order valence-electron chi connectivity index (χ3n) is 3.22. The van der Waals surface area contributed by atoms with Crippen LogP contribution >= 0.6 is 0 Å². The van der Waals surface area contributed by atoms with Crippen molar-refractivity contribution in [2.24, 2.45) is 18.7 Å². The number of nitrogens with one attached hydrogen (secondary N) is 2. The second-order valence-corrected chi connectivity index (χ2v) is 5.21. The number of nitrogens with zero attached hydrogens (tertiary/aromatic N) is 2. The molecule has 1 heterocycles. The van der Waals surface area contributed by atoms with Crippen LogP contribution in [-0.2, 0) is 16.6 Å². The summed E-state index contributed by atoms with van der Waals surface area (Å²) in [7, 11) is 1.81. The third-order valence-corrected chi connectivity index (χ3v) is 3.22. The first-order chi connectivity index (χ1) is 9.23. The number of rotatable bonds is 5. The maximum Gasteiger partial charge on any atom is 0.243 e. The molecule has 0 bridgehead atoms. The van der Waals surface area contributed by atoms with Crippen molar-refractivity contribution in [2.45, 2.75) is 33.7 Å². The topological polar surface area (TPSA) is 102 Å². The van der Waals surface area contributed by atoms with Gasteiger partial charge in [0, 0.05) is 7.05 Å². The lowest BCUT2D eigenvalue weighted by Gasteiger charge is -2.15. The number of amides is 2. The van der Waals surface area contributed by atoms with Gasteiger partial charge in [-0.15, -0.1) is 0 Å². The van der Waals surface area contributed by atoms with E-state index in [1.165, 1.54) is 0 Å². The van der Waals surface area contributed by atoms with Crippen molar-refractivity contribution in [2.75, 3.05) is 11.9 Å². The van der Waals surface area contributed by atoms with Crippen molar-refractivity contribution in [3.8, 4) is 0 Å². The van der Waals surface area contributed by atoms with Gasteiger partial charge in [-0.1, -0.05) is 13.8 Å². The molecular formula is C13H23N5O2. The van der Waals surface area contributed by atoms with Gasteiger partial charge in [-0.25, -0.2) is 0 Å². The molecule has 1 aromatic heterocycles. The van der Waals surface area contributed by atoms with E-state index in [0.717, 1.165) is 11.4 Å². The zero-order valence-corrected chi connectivity index (χ0v) is 12.7. The van der Waals surface area contributed by atoms with Crippen LogP contribution < -0.4 is 16.4 Å². The Labute approximate surface area is 118 Å². The summed E-state index contributed by atoms with van der Waals surface area (Å²) in [6.07, 6.45) is 0. The number of carbonyl (C=O) groups is 2. The first-order valence-electron chi connectivity index (χ1n) is 6.57. The first kappa shape index (κ1) is 16.2. The Morgan fingerprint density at radius 3 is 2.40 bits per heavy atom. The summed E-state index contributed by atoms with van der Waals surface area (Å²) in [5, 5.41) is 9.48. The van der Waals surface area contributed by atoms with Gasteiger partial charge in [0.15, 0.2) is 0 Å². The molecule has 1 aromatic rings. The van der Waals surface area contributed by atoms with E-state index in [-0.39, 0.29) is 24.3 Å². The normalized spacial score (nSPS) is 12.3. The Morgan fingerprint density at radius 2 is 1.95 bits per heavy atom. The zero-order chi connectivity index (χ0) is 15.4. The molecule has 7 nitrogen and oxygen atoms in total. The fourth-order valence-corrected chi connectivity index (χ4v) is 1.73. The Balaban J connectivity index is 2.55. The molecule has 2 amide bonds. The number of hydrogen-bond donors (Lipinski definition) is 3. The lowest BCUT2D eigenvalue weighted by molar-refractivity contribution is -0.125. The third kappa shape index (κ3) is 3.80. The fourth-order valence-electron chi connectivity index (χ4n) is 1.73. The highest BCUT2D eigenvalue weighted by atomic mass is 16.2. The van der Waals surface area contributed by atoms with Gasteiger partial charge >= 0.3 is 0 Å². The van der Waals surface area contributed by atoms with Gasteiger partial charge in [0.05, 0.1) is 29.7 Å². The SMILES string of the molecule is Cc1nn(C)c(C)c1NC(=O)CNC(=O)[C@@H](N)C(C)C. The first-order valence-corrected chi connectivity index (χ1v) is 6.57. The van der Waals surface area contributed by atoms with Crippen LogP contribution in [0.4, 0.5) is 5.69 Å². The molecule has 20 heavy (non-hydrogen) atoms. The molecule has 0 aromatic carbocycles. The smallest absolute Gasteiger partial charge is 0.243 e. The van der Waals surface area contributed by atoms with Crippen molar-refractivity contribution in [3.05, 3.63) is 11.4 Å². The highest BCUT2D eigenvalue weighted by Crippen LogP contribution is 2.17. The van der Waals surface area contributed by atoms with Crippen molar-refractivity contribution in [1.82, 2.24) is 15.1 Å². The summed E-state index contributed by atoms with van der Waals surface area (Å²) >= 11 is 0. The summed E-state index contributed by atoms with van der Waals surface area (Å²) < 4.78 is 1.69. The van der Waals surface area contributed by atoms with Crippen LogP contribution in [0.3, 0.4) is 0 Å². The Morgan fingerprint density at radius 1 is 1.35 bits per heavy atom. The second kappa shape index (κ2) is 6.51. The van der Waals surface area contributed by atoms with Gasteiger partial charge in [0.2, 0.25) is 11.8 Å². The van der Waals surface area contributed by atoms with Crippen molar-refractivity contribution in [3.63, 3.8) is 0 Å². The van der Waals surface area contributed by atoms with E-state index in [9.17, 15) is 9.59 Å². The molecule has 0 aliphatic carbocycles. The highest BCUT2D eigenvalue weighted by Gasteiger charge is 2.18. The van der Waals surface area contributed by atoms with Crippen LogP contribution in [0.15, 0.2) is 0 Å². The number of hydrogen-bond acceptors (Lipinski definition) is 4. The zero-order valence-electron chi connectivity index (χ0n) is 12.7. The Bertz CT molecular complexity index is 507. The van der Waals surface area contributed by atoms with E-state index in [0.29, 0.717) is 5.69 Å². The summed E-state index contributed by atoms with van der Waals surface area (Å²) in [5.41, 5.74) is 7.98. The minimum absolute atomic E-state index is 0.0286. The Kier molecular flexibility index (Phi) is 5.26. The number of nitrogens with two attached hydrogens (primary N) is 1. The minimum atomic E-state index is -0.607. The fraction of sp³-hybridized carbons (Fsp3) is 0.615. The van der Waals surface area contributed by atoms with Gasteiger partial charge in [-0.3, -0.25) is 14.3 Å². The molecular weight excluding hydrogens is 258 g/mol. The van der Waals surface area contributed by atoms with Crippen molar-refractivity contribution >= 4 is 17.5 Å². The number of aromatic nitrogens is 2. The largest absolute Gasteiger partial charge is 0.346 e. The summed E-state index contributed by atoms with van der Waals surface area (Å²) in [5.74, 6) is -0.593. The van der Waals surface area contributed by atoms with Gasteiger partial charge < -0.3 is 16.4 Å². The number of anilines is 1. The molecule has 0 unspecified atom stereocenters. The number of aryl methyl sites for hydroxylation is 2. The van der Waals surface area contributed by atoms with E-state index in [4.69, 9.17) is 5.73 Å². The lowest BCUT2D eigenvalue weighted by Crippen LogP contribution is -2.46. The van der Waals surface area contributed by atoms with Crippen molar-refractivity contribution < 1.29 is 9.59 Å². The van der Waals surface area contributed by atoms with Crippen LogP contribution in [0.1, 0.15) is 25.2 Å². The van der Waals surface area contributed by atoms with E-state index >= 15 is 0 Å². The molecule has 4 N–H and O–H groups in total. The molecule has 112 valence electrons. The molecule has 1 rings (SSSR count). The molecule has 0 aliphatic heterocycles. The quantitative estimate of drug-likeness (QED) is 0.711. The van der Waals surface area contributed by atoms with Crippen LogP contribution in [0.2, 0.25) is 0 Å². The maximum absolute atomic E-state index is 11.8. The molecule has 0 radical (unpaired) electrons. The number of carbonyl (C=O) groups excluding carboxylic acids is 2. The van der Waals surface area contributed by atoms with E-state index < -0.39 is 6.04 Å². The lowest BCUT2D eigenvalue weighted by atomic mass is 10.1. The second-order valence-electron chi connectivity index (χ2n) is 5.21. The molecule has 1 atom stereocenters. The molecule has 0 aliphatic rings. The minimum Gasteiger partial charge on any atom is -0.346 e. The molecule has 0 fully saturated rings. The summed E-state index contributed by atoms with van der Waals surface area (Å²) in [6, 6.07) is -0.607. The maximum atomic E-state index is 11.8. The van der Waals surface area contributed by atoms with Crippen LogP contribution in [0, 0.1) is 19.8 Å². The van der Waals surface area contributed by atoms with Crippen molar-refractivity contribution in [1.29, 1.82) is 0 Å². The molecule has 0 saturated carbocycles. The van der Waals surface area contributed by atoms with Gasteiger partial charge in [-0.05, 0) is 19.8 Å². The molecule has 0 saturated heterocycles. The average molecular weight is 281 g/mol.